The lowest BCUT2D eigenvalue weighted by atomic mass is 10.2. The molecule has 3 rings (SSSR count). The Kier molecular flexibility index (Phi) is 6.65. The molecule has 0 aliphatic carbocycles. The first-order valence-electron chi connectivity index (χ1n) is 9.35. The maximum Gasteiger partial charge on any atom is 0.255 e. The van der Waals surface area contributed by atoms with Crippen LogP contribution in [0.2, 0.25) is 0 Å². The number of ether oxygens (including phenoxy) is 2. The molecule has 144 valence electrons. The Morgan fingerprint density at radius 1 is 1.22 bits per heavy atom. The molecule has 1 unspecified atom stereocenters. The quantitative estimate of drug-likeness (QED) is 0.716. The van der Waals surface area contributed by atoms with Crippen LogP contribution in [-0.2, 0) is 4.74 Å². The number of anilines is 1. The zero-order chi connectivity index (χ0) is 19.1. The third kappa shape index (κ3) is 5.44. The van der Waals surface area contributed by atoms with Crippen LogP contribution in [0.5, 0.6) is 5.75 Å². The predicted octanol–water partition coefficient (Wildman–Crippen LogP) is 2.85. The summed E-state index contributed by atoms with van der Waals surface area (Å²) in [7, 11) is 3.85. The number of para-hydroxylation sites is 1. The molecule has 27 heavy (non-hydrogen) atoms. The van der Waals surface area contributed by atoms with E-state index in [0.717, 1.165) is 31.0 Å². The monoisotopic (exact) mass is 369 g/mol. The molecule has 1 aliphatic heterocycles. The van der Waals surface area contributed by atoms with E-state index in [-0.39, 0.29) is 12.0 Å². The molecule has 2 aromatic rings. The molecule has 1 amide bonds. The van der Waals surface area contributed by atoms with Gasteiger partial charge in [-0.1, -0.05) is 18.2 Å². The minimum absolute atomic E-state index is 0.0417. The van der Waals surface area contributed by atoms with Crippen molar-refractivity contribution in [2.45, 2.75) is 18.9 Å². The summed E-state index contributed by atoms with van der Waals surface area (Å²) in [5.41, 5.74) is 0.582. The van der Waals surface area contributed by atoms with Crippen molar-refractivity contribution in [2.75, 3.05) is 45.3 Å². The summed E-state index contributed by atoms with van der Waals surface area (Å²) in [6.07, 6.45) is 3.77. The van der Waals surface area contributed by atoms with Gasteiger partial charge in [0, 0.05) is 33.4 Å². The summed E-state index contributed by atoms with van der Waals surface area (Å²) in [5, 5.41) is 0. The third-order valence-electron chi connectivity index (χ3n) is 4.56. The van der Waals surface area contributed by atoms with E-state index in [1.165, 1.54) is 0 Å². The SMILES string of the molecule is CN(C)c1ccc(C(=O)N(CCOc2ccccc2)CC2CCCO2)cn1. The van der Waals surface area contributed by atoms with Crippen molar-refractivity contribution in [3.8, 4) is 5.75 Å². The van der Waals surface area contributed by atoms with Gasteiger partial charge >= 0.3 is 0 Å². The first-order chi connectivity index (χ1) is 13.1. The van der Waals surface area contributed by atoms with Gasteiger partial charge in [0.25, 0.3) is 5.91 Å². The molecule has 2 heterocycles. The van der Waals surface area contributed by atoms with E-state index >= 15 is 0 Å². The number of nitrogens with zero attached hydrogens (tertiary/aromatic N) is 3. The molecular formula is C21H27N3O3. The highest BCUT2D eigenvalue weighted by molar-refractivity contribution is 5.94. The Morgan fingerprint density at radius 3 is 2.67 bits per heavy atom. The van der Waals surface area contributed by atoms with Crippen molar-refractivity contribution >= 4 is 11.7 Å². The van der Waals surface area contributed by atoms with Gasteiger partial charge in [-0.3, -0.25) is 4.79 Å². The average Bonchev–Trinajstić information content (AvgIpc) is 3.21. The number of rotatable bonds is 8. The van der Waals surface area contributed by atoms with Crippen molar-refractivity contribution in [1.29, 1.82) is 0 Å². The fourth-order valence-electron chi connectivity index (χ4n) is 3.06. The van der Waals surface area contributed by atoms with Gasteiger partial charge in [0.15, 0.2) is 0 Å². The minimum atomic E-state index is -0.0417. The first-order valence-corrected chi connectivity index (χ1v) is 9.35. The molecule has 6 heteroatoms. The molecule has 1 atom stereocenters. The Morgan fingerprint density at radius 2 is 2.04 bits per heavy atom. The van der Waals surface area contributed by atoms with Crippen molar-refractivity contribution in [3.63, 3.8) is 0 Å². The zero-order valence-corrected chi connectivity index (χ0v) is 16.0. The number of aromatic nitrogens is 1. The van der Waals surface area contributed by atoms with E-state index in [9.17, 15) is 4.79 Å². The zero-order valence-electron chi connectivity index (χ0n) is 16.0. The summed E-state index contributed by atoms with van der Waals surface area (Å²) in [6, 6.07) is 13.3. The van der Waals surface area contributed by atoms with Crippen LogP contribution in [0, 0.1) is 0 Å². The molecule has 1 aromatic carbocycles. The lowest BCUT2D eigenvalue weighted by Crippen LogP contribution is -2.40. The highest BCUT2D eigenvalue weighted by Crippen LogP contribution is 2.16. The number of benzene rings is 1. The second kappa shape index (κ2) is 9.37. The summed E-state index contributed by atoms with van der Waals surface area (Å²) >= 11 is 0. The van der Waals surface area contributed by atoms with Crippen molar-refractivity contribution < 1.29 is 14.3 Å². The van der Waals surface area contributed by atoms with Gasteiger partial charge in [0.2, 0.25) is 0 Å². The van der Waals surface area contributed by atoms with E-state index < -0.39 is 0 Å². The van der Waals surface area contributed by atoms with Crippen molar-refractivity contribution in [2.24, 2.45) is 0 Å². The highest BCUT2D eigenvalue weighted by Gasteiger charge is 2.23. The number of pyridine rings is 1. The Bertz CT molecular complexity index is 713. The van der Waals surface area contributed by atoms with E-state index in [2.05, 4.69) is 4.98 Å². The van der Waals surface area contributed by atoms with Gasteiger partial charge < -0.3 is 19.3 Å². The normalized spacial score (nSPS) is 16.1. The summed E-state index contributed by atoms with van der Waals surface area (Å²) < 4.78 is 11.5. The minimum Gasteiger partial charge on any atom is -0.492 e. The van der Waals surface area contributed by atoms with Crippen LogP contribution in [0.3, 0.4) is 0 Å². The van der Waals surface area contributed by atoms with Gasteiger partial charge in [-0.2, -0.15) is 0 Å². The Balaban J connectivity index is 1.65. The second-order valence-corrected chi connectivity index (χ2v) is 6.85. The molecule has 0 bridgehead atoms. The van der Waals surface area contributed by atoms with E-state index in [4.69, 9.17) is 9.47 Å². The maximum absolute atomic E-state index is 13.0. The van der Waals surface area contributed by atoms with Crippen LogP contribution in [0.25, 0.3) is 0 Å². The number of hydrogen-bond acceptors (Lipinski definition) is 5. The van der Waals surface area contributed by atoms with Crippen LogP contribution in [0.1, 0.15) is 23.2 Å². The second-order valence-electron chi connectivity index (χ2n) is 6.85. The molecule has 0 N–H and O–H groups in total. The van der Waals surface area contributed by atoms with E-state index in [1.807, 2.05) is 66.4 Å². The van der Waals surface area contributed by atoms with E-state index in [0.29, 0.717) is 25.3 Å². The highest BCUT2D eigenvalue weighted by atomic mass is 16.5. The Hall–Kier alpha value is -2.60. The van der Waals surface area contributed by atoms with Crippen molar-refractivity contribution in [1.82, 2.24) is 9.88 Å². The lowest BCUT2D eigenvalue weighted by molar-refractivity contribution is 0.0493. The number of carbonyl (C=O) groups is 1. The summed E-state index contributed by atoms with van der Waals surface area (Å²) in [4.78, 5) is 21.1. The topological polar surface area (TPSA) is 54.9 Å². The lowest BCUT2D eigenvalue weighted by Gasteiger charge is -2.25. The average molecular weight is 369 g/mol. The molecule has 1 saturated heterocycles. The first kappa shape index (κ1) is 19.2. The maximum atomic E-state index is 13.0. The molecule has 0 spiro atoms. The molecular weight excluding hydrogens is 342 g/mol. The third-order valence-corrected chi connectivity index (χ3v) is 4.56. The van der Waals surface area contributed by atoms with E-state index in [1.54, 1.807) is 6.20 Å². The van der Waals surface area contributed by atoms with Gasteiger partial charge in [0.05, 0.1) is 18.2 Å². The fraction of sp³-hybridized carbons (Fsp3) is 0.429. The van der Waals surface area contributed by atoms with Crippen LogP contribution >= 0.6 is 0 Å². The van der Waals surface area contributed by atoms with Crippen LogP contribution in [-0.4, -0.2) is 62.3 Å². The van der Waals surface area contributed by atoms with Gasteiger partial charge in [0.1, 0.15) is 18.2 Å². The fourth-order valence-corrected chi connectivity index (χ4v) is 3.06. The van der Waals surface area contributed by atoms with Crippen LogP contribution in [0.4, 0.5) is 5.82 Å². The largest absolute Gasteiger partial charge is 0.492 e. The van der Waals surface area contributed by atoms with Gasteiger partial charge in [-0.25, -0.2) is 4.98 Å². The smallest absolute Gasteiger partial charge is 0.255 e. The summed E-state index contributed by atoms with van der Waals surface area (Å²) in [6.45, 7) is 2.29. The number of hydrogen-bond donors (Lipinski definition) is 0. The van der Waals surface area contributed by atoms with Crippen molar-refractivity contribution in [3.05, 3.63) is 54.2 Å². The predicted molar refractivity (Wildman–Crippen MR) is 105 cm³/mol. The molecule has 1 aliphatic rings. The van der Waals surface area contributed by atoms with Crippen LogP contribution < -0.4 is 9.64 Å². The number of carbonyl (C=O) groups excluding carboxylic acids is 1. The standard InChI is InChI=1S/C21H27N3O3/c1-23(2)20-11-10-17(15-22-20)21(25)24(16-19-9-6-13-26-19)12-14-27-18-7-4-3-5-8-18/h3-5,7-8,10-11,15,19H,6,9,12-14,16H2,1-2H3. The summed E-state index contributed by atoms with van der Waals surface area (Å²) in [5.74, 6) is 1.59. The molecule has 0 radical (unpaired) electrons. The molecule has 1 aromatic heterocycles. The Labute approximate surface area is 160 Å². The molecule has 0 saturated carbocycles. The van der Waals surface area contributed by atoms with Crippen LogP contribution in [0.15, 0.2) is 48.7 Å². The van der Waals surface area contributed by atoms with Gasteiger partial charge in [-0.15, -0.1) is 0 Å². The number of amides is 1. The molecule has 1 fully saturated rings. The molecule has 6 nitrogen and oxygen atoms in total. The van der Waals surface area contributed by atoms with Gasteiger partial charge in [-0.05, 0) is 37.1 Å².